The van der Waals surface area contributed by atoms with Gasteiger partial charge in [0.15, 0.2) is 23.0 Å². The lowest BCUT2D eigenvalue weighted by Crippen LogP contribution is -2.09. The molecule has 6 heteroatoms. The third-order valence-electron chi connectivity index (χ3n) is 3.76. The van der Waals surface area contributed by atoms with Crippen molar-refractivity contribution < 1.29 is 28.5 Å². The van der Waals surface area contributed by atoms with Gasteiger partial charge in [0.1, 0.15) is 0 Å². The fourth-order valence-corrected chi connectivity index (χ4v) is 2.54. The minimum Gasteiger partial charge on any atom is -0.490 e. The maximum absolute atomic E-state index is 12.1. The van der Waals surface area contributed by atoms with Gasteiger partial charge in [-0.2, -0.15) is 0 Å². The Balaban J connectivity index is 3.56. The quantitative estimate of drug-likeness (QED) is 0.263. The van der Waals surface area contributed by atoms with Crippen molar-refractivity contribution >= 4 is 12.0 Å². The van der Waals surface area contributed by atoms with Crippen molar-refractivity contribution in [2.45, 2.75) is 73.3 Å². The Kier molecular flexibility index (Phi) is 12.5. The summed E-state index contributed by atoms with van der Waals surface area (Å²) in [6.07, 6.45) is 6.25. The lowest BCUT2D eigenvalue weighted by atomic mass is 10.1. The fourth-order valence-electron chi connectivity index (χ4n) is 2.54. The van der Waals surface area contributed by atoms with Gasteiger partial charge < -0.3 is 23.7 Å². The van der Waals surface area contributed by atoms with Crippen LogP contribution in [-0.4, -0.2) is 38.5 Å². The van der Waals surface area contributed by atoms with E-state index in [1.807, 2.05) is 47.6 Å². The normalized spacial score (nSPS) is 11.0. The van der Waals surface area contributed by atoms with Crippen LogP contribution in [0.25, 0.3) is 6.08 Å². The Morgan fingerprint density at radius 1 is 0.800 bits per heavy atom. The number of hydrogen-bond acceptors (Lipinski definition) is 6. The molecule has 0 saturated carbocycles. The number of carbonyl (C=O) groups is 1. The van der Waals surface area contributed by atoms with E-state index in [1.165, 1.54) is 6.08 Å². The van der Waals surface area contributed by atoms with E-state index in [2.05, 4.69) is 0 Å². The zero-order chi connectivity index (χ0) is 22.4. The second-order valence-electron chi connectivity index (χ2n) is 7.16. The molecule has 0 N–H and O–H groups in total. The lowest BCUT2D eigenvalue weighted by molar-refractivity contribution is -0.141. The van der Waals surface area contributed by atoms with Gasteiger partial charge in [-0.3, -0.25) is 0 Å². The standard InChI is InChI=1S/C24H38O6/c1-7-13-26-20-17-21(27-14-8-2)24(29-16-10-4)19(23(20)28-15-9-3)11-12-22(25)30-18(5)6/h11-12,17-18H,7-10,13-16H2,1-6H3. The molecule has 30 heavy (non-hydrogen) atoms. The van der Waals surface area contributed by atoms with Crippen LogP contribution in [0.3, 0.4) is 0 Å². The van der Waals surface area contributed by atoms with Gasteiger partial charge in [0, 0.05) is 12.1 Å². The van der Waals surface area contributed by atoms with Crippen molar-refractivity contribution in [3.8, 4) is 23.0 Å². The largest absolute Gasteiger partial charge is 0.490 e. The minimum atomic E-state index is -0.427. The van der Waals surface area contributed by atoms with E-state index < -0.39 is 5.97 Å². The molecule has 0 saturated heterocycles. The van der Waals surface area contributed by atoms with Crippen molar-refractivity contribution in [1.82, 2.24) is 0 Å². The molecule has 0 aliphatic carbocycles. The summed E-state index contributed by atoms with van der Waals surface area (Å²) in [5, 5.41) is 0. The van der Waals surface area contributed by atoms with E-state index >= 15 is 0 Å². The van der Waals surface area contributed by atoms with Crippen LogP contribution in [-0.2, 0) is 9.53 Å². The van der Waals surface area contributed by atoms with Gasteiger partial charge in [-0.15, -0.1) is 0 Å². The zero-order valence-electron chi connectivity index (χ0n) is 19.4. The van der Waals surface area contributed by atoms with Crippen LogP contribution in [0.15, 0.2) is 12.1 Å². The summed E-state index contributed by atoms with van der Waals surface area (Å²) in [4.78, 5) is 12.1. The molecule has 0 atom stereocenters. The molecule has 0 heterocycles. The predicted molar refractivity (Wildman–Crippen MR) is 120 cm³/mol. The Bertz CT molecular complexity index is 628. The number of esters is 1. The summed E-state index contributed by atoms with van der Waals surface area (Å²) in [5.41, 5.74) is 0.623. The minimum absolute atomic E-state index is 0.198. The first-order valence-electron chi connectivity index (χ1n) is 11.1. The highest BCUT2D eigenvalue weighted by atomic mass is 16.5. The van der Waals surface area contributed by atoms with Gasteiger partial charge in [0.05, 0.1) is 38.1 Å². The van der Waals surface area contributed by atoms with Crippen molar-refractivity contribution in [3.05, 3.63) is 17.7 Å². The predicted octanol–water partition coefficient (Wildman–Crippen LogP) is 5.81. The molecule has 0 aliphatic rings. The average molecular weight is 423 g/mol. The number of rotatable bonds is 15. The summed E-state index contributed by atoms with van der Waals surface area (Å²) in [5.74, 6) is 1.83. The molecule has 0 aromatic heterocycles. The summed E-state index contributed by atoms with van der Waals surface area (Å²) >= 11 is 0. The first-order chi connectivity index (χ1) is 14.5. The van der Waals surface area contributed by atoms with Gasteiger partial charge in [0.25, 0.3) is 0 Å². The molecular weight excluding hydrogens is 384 g/mol. The van der Waals surface area contributed by atoms with E-state index in [4.69, 9.17) is 23.7 Å². The first-order valence-corrected chi connectivity index (χ1v) is 11.1. The topological polar surface area (TPSA) is 63.2 Å². The van der Waals surface area contributed by atoms with Crippen LogP contribution in [0.1, 0.15) is 72.8 Å². The summed E-state index contributed by atoms with van der Waals surface area (Å²) in [6, 6.07) is 1.82. The number of hydrogen-bond donors (Lipinski definition) is 0. The van der Waals surface area contributed by atoms with E-state index in [0.717, 1.165) is 25.7 Å². The Morgan fingerprint density at radius 3 is 1.63 bits per heavy atom. The van der Waals surface area contributed by atoms with Crippen molar-refractivity contribution in [2.24, 2.45) is 0 Å². The third kappa shape index (κ3) is 8.56. The van der Waals surface area contributed by atoms with Crippen molar-refractivity contribution in [1.29, 1.82) is 0 Å². The van der Waals surface area contributed by atoms with E-state index in [1.54, 1.807) is 6.08 Å². The number of ether oxygens (including phenoxy) is 5. The SMILES string of the molecule is CCCOc1cc(OCCC)c(OCCC)c(C=CC(=O)OC(C)C)c1OCCC. The van der Waals surface area contributed by atoms with E-state index in [-0.39, 0.29) is 6.10 Å². The van der Waals surface area contributed by atoms with Gasteiger partial charge >= 0.3 is 5.97 Å². The molecule has 0 bridgehead atoms. The molecule has 6 nitrogen and oxygen atoms in total. The molecule has 0 spiro atoms. The summed E-state index contributed by atoms with van der Waals surface area (Å²) in [7, 11) is 0. The molecule has 0 unspecified atom stereocenters. The second-order valence-corrected chi connectivity index (χ2v) is 7.16. The van der Waals surface area contributed by atoms with Crippen LogP contribution in [0, 0.1) is 0 Å². The average Bonchev–Trinajstić information content (AvgIpc) is 2.71. The highest BCUT2D eigenvalue weighted by molar-refractivity contribution is 5.89. The molecular formula is C24H38O6. The van der Waals surface area contributed by atoms with Crippen LogP contribution in [0.2, 0.25) is 0 Å². The molecule has 1 aromatic rings. The van der Waals surface area contributed by atoms with Gasteiger partial charge in [-0.25, -0.2) is 4.79 Å². The number of carbonyl (C=O) groups excluding carboxylic acids is 1. The van der Waals surface area contributed by atoms with Gasteiger partial charge in [0.2, 0.25) is 0 Å². The van der Waals surface area contributed by atoms with Crippen LogP contribution < -0.4 is 18.9 Å². The highest BCUT2D eigenvalue weighted by Gasteiger charge is 2.22. The molecule has 1 rings (SSSR count). The molecule has 170 valence electrons. The Labute approximate surface area is 181 Å². The Morgan fingerprint density at radius 2 is 1.23 bits per heavy atom. The van der Waals surface area contributed by atoms with Gasteiger partial charge in [-0.1, -0.05) is 27.7 Å². The summed E-state index contributed by atoms with van der Waals surface area (Å²) < 4.78 is 29.3. The van der Waals surface area contributed by atoms with Crippen LogP contribution >= 0.6 is 0 Å². The van der Waals surface area contributed by atoms with Crippen LogP contribution in [0.5, 0.6) is 23.0 Å². The molecule has 0 radical (unpaired) electrons. The fraction of sp³-hybridized carbons (Fsp3) is 0.625. The van der Waals surface area contributed by atoms with Crippen LogP contribution in [0.4, 0.5) is 0 Å². The first kappa shape index (κ1) is 25.7. The summed E-state index contributed by atoms with van der Waals surface area (Å²) in [6.45, 7) is 13.9. The van der Waals surface area contributed by atoms with Crippen molar-refractivity contribution in [2.75, 3.05) is 26.4 Å². The smallest absolute Gasteiger partial charge is 0.331 e. The lowest BCUT2D eigenvalue weighted by Gasteiger charge is -2.21. The maximum Gasteiger partial charge on any atom is 0.331 e. The third-order valence-corrected chi connectivity index (χ3v) is 3.76. The number of benzene rings is 1. The Hall–Kier alpha value is -2.37. The van der Waals surface area contributed by atoms with Crippen molar-refractivity contribution in [3.63, 3.8) is 0 Å². The van der Waals surface area contributed by atoms with E-state index in [0.29, 0.717) is 55.0 Å². The molecule has 0 amide bonds. The van der Waals surface area contributed by atoms with E-state index in [9.17, 15) is 4.79 Å². The molecule has 1 aromatic carbocycles. The zero-order valence-corrected chi connectivity index (χ0v) is 19.4. The second kappa shape index (κ2) is 14.6. The monoisotopic (exact) mass is 422 g/mol. The van der Waals surface area contributed by atoms with Gasteiger partial charge in [-0.05, 0) is 45.6 Å². The maximum atomic E-state index is 12.1. The highest BCUT2D eigenvalue weighted by Crippen LogP contribution is 2.46. The molecule has 0 aliphatic heterocycles. The molecule has 0 fully saturated rings.